The Hall–Kier alpha value is -3.60. The fourth-order valence-corrected chi connectivity index (χ4v) is 3.38. The van der Waals surface area contributed by atoms with E-state index in [2.05, 4.69) is 80.2 Å². The zero-order chi connectivity index (χ0) is 39.3. The van der Waals surface area contributed by atoms with Crippen LogP contribution in [0.5, 0.6) is 0 Å². The van der Waals surface area contributed by atoms with Crippen LogP contribution in [0.2, 0.25) is 0 Å². The van der Waals surface area contributed by atoms with Crippen LogP contribution in [0, 0.1) is 5.92 Å². The fraction of sp³-hybridized carbons (Fsp3) is 0.657. The Balaban J connectivity index is -0.000000209. The first-order chi connectivity index (χ1) is 24.1. The van der Waals surface area contributed by atoms with E-state index >= 15 is 0 Å². The fourth-order valence-electron chi connectivity index (χ4n) is 3.38. The van der Waals surface area contributed by atoms with E-state index < -0.39 is 0 Å². The quantitative estimate of drug-likeness (QED) is 0.0541. The number of amides is 3. The number of carbonyl (C=O) groups excluding carboxylic acids is 3. The molecule has 0 fully saturated rings. The molecule has 0 aliphatic heterocycles. The smallest absolute Gasteiger partial charge is 0.290 e. The third-order valence-corrected chi connectivity index (χ3v) is 5.52. The molecule has 1 atom stereocenters. The molecule has 0 saturated carbocycles. The molecule has 0 spiro atoms. The van der Waals surface area contributed by atoms with Gasteiger partial charge in [0.2, 0.25) is 18.2 Å². The maximum atomic E-state index is 12.0. The molecule has 0 saturated heterocycles. The minimum Gasteiger partial charge on any atom is -0.483 e. The molecule has 0 aromatic heterocycles. The Labute approximate surface area is 300 Å². The number of nitrogens with one attached hydrogen (secondary N) is 1. The molecule has 15 heteroatoms. The van der Waals surface area contributed by atoms with Crippen LogP contribution in [0.25, 0.3) is 0 Å². The molecule has 0 aliphatic carbocycles. The van der Waals surface area contributed by atoms with E-state index in [9.17, 15) is 9.59 Å². The maximum absolute atomic E-state index is 12.0. The first-order valence-corrected chi connectivity index (χ1v) is 16.9. The average Bonchev–Trinajstić information content (AvgIpc) is 3.08. The lowest BCUT2D eigenvalue weighted by atomic mass is 9.98. The van der Waals surface area contributed by atoms with Crippen LogP contribution in [0.4, 0.5) is 0 Å². The van der Waals surface area contributed by atoms with Gasteiger partial charge >= 0.3 is 0 Å². The number of benzene rings is 1. The van der Waals surface area contributed by atoms with Crippen LogP contribution in [-0.2, 0) is 49.4 Å². The van der Waals surface area contributed by atoms with Crippen molar-refractivity contribution in [3.05, 3.63) is 48.2 Å². The summed E-state index contributed by atoms with van der Waals surface area (Å²) in [4.78, 5) is 43.7. The number of primary amides is 2. The summed E-state index contributed by atoms with van der Waals surface area (Å²) in [7, 11) is 0. The summed E-state index contributed by atoms with van der Waals surface area (Å²) in [5, 5.41) is 10.1. The Bertz CT molecular complexity index is 849. The molecule has 50 heavy (non-hydrogen) atoms. The largest absolute Gasteiger partial charge is 0.483 e. The molecule has 0 aliphatic rings. The summed E-state index contributed by atoms with van der Waals surface area (Å²) >= 11 is 0. The van der Waals surface area contributed by atoms with Crippen molar-refractivity contribution in [2.45, 2.75) is 86.1 Å². The van der Waals surface area contributed by atoms with Crippen molar-refractivity contribution in [3.63, 3.8) is 0 Å². The number of ether oxygens (including phenoxy) is 4. The highest BCUT2D eigenvalue weighted by Gasteiger charge is 2.15. The van der Waals surface area contributed by atoms with Gasteiger partial charge in [-0.05, 0) is 36.1 Å². The summed E-state index contributed by atoms with van der Waals surface area (Å²) < 4.78 is 20.7. The lowest BCUT2D eigenvalue weighted by Crippen LogP contribution is -2.29. The molecule has 1 rings (SSSR count). The van der Waals surface area contributed by atoms with Gasteiger partial charge in [-0.3, -0.25) is 19.2 Å². The number of rotatable bonds is 23. The molecule has 1 unspecified atom stereocenters. The van der Waals surface area contributed by atoms with Crippen LogP contribution < -0.4 is 28.4 Å². The molecule has 1 aromatic rings. The number of hydrogen-bond donors (Lipinski definition) is 6. The van der Waals surface area contributed by atoms with E-state index in [1.807, 2.05) is 13.8 Å². The van der Waals surface area contributed by atoms with Crippen LogP contribution in [-0.4, -0.2) is 89.3 Å². The molecule has 10 N–H and O–H groups in total. The second-order valence-corrected chi connectivity index (χ2v) is 9.97. The standard InChI is InChI=1S/C18H29NO.C11H24N2O6.C2H5N.C2H6.CH3NO.CH2O2/c1-5-7-8-17(19-18(20)13-14(3)4)16-11-9-15(6-2)10-12-16;12-11(14)1-2-15-3-4-16-5-6-17-7-8-18-9-10-19-13;1-2-3;1-2;2*2-1-3/h9-12,14,17H,5-8,13H2,1-4H3,(H,19,20);1-10,13H2,(H2,12,14);2H,1,3H2;1-2H3;1H,(H2,2,3);1H,(H,2,3). The Morgan fingerprint density at radius 1 is 0.860 bits per heavy atom. The predicted octanol–water partition coefficient (Wildman–Crippen LogP) is 3.38. The number of unbranched alkanes of at least 4 members (excludes halogenated alkanes) is 1. The summed E-state index contributed by atoms with van der Waals surface area (Å²) in [5.74, 6) is 5.03. The second-order valence-electron chi connectivity index (χ2n) is 9.97. The number of nitrogens with two attached hydrogens (primary N) is 4. The first kappa shape index (κ1) is 55.8. The maximum Gasteiger partial charge on any atom is 0.290 e. The Kier molecular flexibility index (Phi) is 55.6. The van der Waals surface area contributed by atoms with Gasteiger partial charge < -0.3 is 51.4 Å². The van der Waals surface area contributed by atoms with E-state index in [4.69, 9.17) is 45.3 Å². The lowest BCUT2D eigenvalue weighted by molar-refractivity contribution is -0.123. The van der Waals surface area contributed by atoms with Crippen LogP contribution >= 0.6 is 0 Å². The topological polar surface area (TPSA) is 251 Å². The van der Waals surface area contributed by atoms with Crippen molar-refractivity contribution in [2.75, 3.05) is 59.5 Å². The molecule has 0 bridgehead atoms. The van der Waals surface area contributed by atoms with Gasteiger partial charge in [0.05, 0.1) is 65.5 Å². The third kappa shape index (κ3) is 51.2. The number of aryl methyl sites for hydroxylation is 1. The molecule has 3 amide bonds. The van der Waals surface area contributed by atoms with E-state index in [1.54, 1.807) is 0 Å². The monoisotopic (exact) mass is 720 g/mol. The molecular weight excluding hydrogens is 650 g/mol. The molecular formula is C35H69N5O10. The van der Waals surface area contributed by atoms with Crippen molar-refractivity contribution >= 4 is 24.7 Å². The van der Waals surface area contributed by atoms with Gasteiger partial charge in [0.15, 0.2) is 0 Å². The molecule has 294 valence electrons. The van der Waals surface area contributed by atoms with E-state index in [0.29, 0.717) is 71.8 Å². The third-order valence-electron chi connectivity index (χ3n) is 5.52. The van der Waals surface area contributed by atoms with Gasteiger partial charge in [0, 0.05) is 12.8 Å². The molecule has 0 radical (unpaired) electrons. The average molecular weight is 720 g/mol. The summed E-state index contributed by atoms with van der Waals surface area (Å²) in [6.07, 6.45) is 6.71. The molecule has 15 nitrogen and oxygen atoms in total. The van der Waals surface area contributed by atoms with Crippen molar-refractivity contribution < 1.29 is 48.1 Å². The predicted molar refractivity (Wildman–Crippen MR) is 198 cm³/mol. The number of hydrogen-bond acceptors (Lipinski definition) is 11. The second kappa shape index (κ2) is 49.8. The minimum atomic E-state index is -0.366. The minimum absolute atomic E-state index is 0.159. The van der Waals surface area contributed by atoms with Gasteiger partial charge in [-0.2, -0.15) is 0 Å². The van der Waals surface area contributed by atoms with Crippen LogP contribution in [0.1, 0.15) is 90.8 Å². The molecule has 1 aromatic carbocycles. The molecule has 0 heterocycles. The van der Waals surface area contributed by atoms with Crippen molar-refractivity contribution in [1.82, 2.24) is 5.32 Å². The van der Waals surface area contributed by atoms with Crippen LogP contribution in [0.15, 0.2) is 37.0 Å². The summed E-state index contributed by atoms with van der Waals surface area (Å²) in [6, 6.07) is 8.82. The normalized spacial score (nSPS) is 9.92. The SMILES string of the molecule is C=CN.CC.CCCCC(NC(=O)CC(C)C)c1ccc(CC)cc1.NC=O.NOCCOCCOCCOCCOCCC(N)=O.O=CO. The van der Waals surface area contributed by atoms with Crippen molar-refractivity contribution in [1.29, 1.82) is 0 Å². The van der Waals surface area contributed by atoms with Gasteiger partial charge in [-0.25, -0.2) is 5.90 Å². The van der Waals surface area contributed by atoms with E-state index in [-0.39, 0.29) is 37.2 Å². The highest BCUT2D eigenvalue weighted by molar-refractivity contribution is 5.76. The number of carboxylic acid groups (broad SMARTS) is 1. The van der Waals surface area contributed by atoms with Crippen molar-refractivity contribution in [3.8, 4) is 0 Å². The van der Waals surface area contributed by atoms with Gasteiger partial charge in [-0.1, -0.05) is 85.2 Å². The summed E-state index contributed by atoms with van der Waals surface area (Å²) in [5.41, 5.74) is 16.3. The Morgan fingerprint density at radius 2 is 1.26 bits per heavy atom. The highest BCUT2D eigenvalue weighted by Crippen LogP contribution is 2.21. The van der Waals surface area contributed by atoms with E-state index in [0.717, 1.165) is 25.7 Å². The van der Waals surface area contributed by atoms with E-state index in [1.165, 1.54) is 17.3 Å². The van der Waals surface area contributed by atoms with Gasteiger partial charge in [-0.15, -0.1) is 0 Å². The summed E-state index contributed by atoms with van der Waals surface area (Å²) in [6.45, 7) is 19.5. The van der Waals surface area contributed by atoms with Crippen LogP contribution in [0.3, 0.4) is 0 Å². The Morgan fingerprint density at radius 3 is 1.60 bits per heavy atom. The first-order valence-electron chi connectivity index (χ1n) is 16.9. The van der Waals surface area contributed by atoms with Gasteiger partial charge in [0.25, 0.3) is 6.47 Å². The zero-order valence-electron chi connectivity index (χ0n) is 31.4. The van der Waals surface area contributed by atoms with Crippen molar-refractivity contribution in [2.24, 2.45) is 29.0 Å². The highest BCUT2D eigenvalue weighted by atomic mass is 16.6. The number of carbonyl (C=O) groups is 4. The van der Waals surface area contributed by atoms with Gasteiger partial charge in [0.1, 0.15) is 0 Å². The lowest BCUT2D eigenvalue weighted by Gasteiger charge is -2.20. The zero-order valence-corrected chi connectivity index (χ0v) is 31.4.